The summed E-state index contributed by atoms with van der Waals surface area (Å²) in [4.78, 5) is 13.1. The van der Waals surface area contributed by atoms with Gasteiger partial charge >= 0.3 is 0 Å². The Labute approximate surface area is 178 Å². The summed E-state index contributed by atoms with van der Waals surface area (Å²) in [5.74, 6) is -0.129. The van der Waals surface area contributed by atoms with Gasteiger partial charge in [0.15, 0.2) is 0 Å². The molecule has 3 aromatic heterocycles. The first-order valence-corrected chi connectivity index (χ1v) is 10.1. The van der Waals surface area contributed by atoms with Gasteiger partial charge in [0.2, 0.25) is 0 Å². The van der Waals surface area contributed by atoms with Crippen LogP contribution in [-0.2, 0) is 0 Å². The second-order valence-corrected chi connectivity index (χ2v) is 7.42. The van der Waals surface area contributed by atoms with Crippen molar-refractivity contribution in [2.75, 3.05) is 6.61 Å². The molecule has 160 valence electrons. The van der Waals surface area contributed by atoms with Gasteiger partial charge in [0.25, 0.3) is 0 Å². The summed E-state index contributed by atoms with van der Waals surface area (Å²) in [6.07, 6.45) is 9.20. The van der Waals surface area contributed by atoms with E-state index in [-0.39, 0.29) is 18.3 Å². The molecule has 6 nitrogen and oxygen atoms in total. The molecule has 1 aliphatic heterocycles. The largest absolute Gasteiger partial charge is 0.394 e. The molecule has 0 saturated heterocycles. The van der Waals surface area contributed by atoms with E-state index in [0.29, 0.717) is 22.9 Å². The summed E-state index contributed by atoms with van der Waals surface area (Å²) in [6.45, 7) is 3.73. The summed E-state index contributed by atoms with van der Waals surface area (Å²) in [5.41, 5.74) is 3.43. The van der Waals surface area contributed by atoms with Crippen molar-refractivity contribution < 1.29 is 13.9 Å². The number of imidazole rings is 1. The van der Waals surface area contributed by atoms with Crippen LogP contribution in [0.1, 0.15) is 37.7 Å². The van der Waals surface area contributed by atoms with Crippen LogP contribution in [0.3, 0.4) is 0 Å². The summed E-state index contributed by atoms with van der Waals surface area (Å²) in [6, 6.07) is 5.13. The Hall–Kier alpha value is -3.39. The first kappa shape index (κ1) is 20.9. The number of amidine groups is 1. The number of halogens is 2. The van der Waals surface area contributed by atoms with E-state index in [4.69, 9.17) is 0 Å². The number of aliphatic hydroxyl groups excluding tert-OH is 1. The Morgan fingerprint density at radius 1 is 1.13 bits per heavy atom. The van der Waals surface area contributed by atoms with E-state index < -0.39 is 11.9 Å². The van der Waals surface area contributed by atoms with Crippen LogP contribution in [0.2, 0.25) is 0 Å². The molecule has 4 heterocycles. The van der Waals surface area contributed by atoms with E-state index in [9.17, 15) is 13.9 Å². The van der Waals surface area contributed by atoms with Crippen molar-refractivity contribution in [2.45, 2.75) is 26.3 Å². The fraction of sp³-hybridized carbons (Fsp3) is 0.261. The van der Waals surface area contributed by atoms with E-state index in [1.807, 2.05) is 6.92 Å². The normalized spacial score (nSPS) is 19.0. The van der Waals surface area contributed by atoms with Crippen molar-refractivity contribution in [1.82, 2.24) is 19.7 Å². The van der Waals surface area contributed by atoms with Gasteiger partial charge in [-0.25, -0.2) is 13.8 Å². The average Bonchev–Trinajstić information content (AvgIpc) is 3.11. The lowest BCUT2D eigenvalue weighted by Gasteiger charge is -2.16. The zero-order valence-corrected chi connectivity index (χ0v) is 17.3. The molecule has 2 unspecified atom stereocenters. The van der Waals surface area contributed by atoms with Crippen molar-refractivity contribution >= 4 is 17.2 Å². The number of nitrogens with zero attached hydrogens (tertiary/aromatic N) is 4. The van der Waals surface area contributed by atoms with Gasteiger partial charge < -0.3 is 10.4 Å². The second-order valence-electron chi connectivity index (χ2n) is 7.42. The summed E-state index contributed by atoms with van der Waals surface area (Å²) < 4.78 is 28.8. The Kier molecular flexibility index (Phi) is 5.90. The molecule has 3 aromatic rings. The molecule has 0 fully saturated rings. The molecule has 0 amide bonds. The molecule has 0 saturated carbocycles. The summed E-state index contributed by atoms with van der Waals surface area (Å²) >= 11 is 0. The molecule has 4 rings (SSSR count). The number of aliphatic hydroxyl groups is 1. The second kappa shape index (κ2) is 8.77. The smallest absolute Gasteiger partial charge is 0.141 e. The van der Waals surface area contributed by atoms with Gasteiger partial charge in [-0.1, -0.05) is 19.1 Å². The molecular formula is C23H23F2N5O. The molecule has 0 bridgehead atoms. The zero-order valence-electron chi connectivity index (χ0n) is 17.3. The number of hydrogen-bond acceptors (Lipinski definition) is 4. The maximum absolute atomic E-state index is 13.9. The zero-order chi connectivity index (χ0) is 22.0. The quantitative estimate of drug-likeness (QED) is 0.649. The van der Waals surface area contributed by atoms with Crippen molar-refractivity contribution in [3.05, 3.63) is 83.6 Å². The number of fused-ring (bicyclic) bond motifs is 1. The Bertz CT molecular complexity index is 1180. The Morgan fingerprint density at radius 2 is 1.94 bits per heavy atom. The van der Waals surface area contributed by atoms with Gasteiger partial charge in [-0.3, -0.25) is 14.4 Å². The Balaban J connectivity index is 1.76. The molecule has 0 radical (unpaired) electrons. The highest BCUT2D eigenvalue weighted by atomic mass is 19.1. The van der Waals surface area contributed by atoms with E-state index in [2.05, 4.69) is 39.4 Å². The molecule has 0 spiro atoms. The number of allylic oxidation sites excluding steroid dienone is 2. The summed E-state index contributed by atoms with van der Waals surface area (Å²) in [5, 5.41) is 13.2. The van der Waals surface area contributed by atoms with Gasteiger partial charge in [-0.05, 0) is 49.1 Å². The highest BCUT2D eigenvalue weighted by molar-refractivity contribution is 6.03. The monoisotopic (exact) mass is 423 g/mol. The molecule has 2 N–H and O–H groups in total. The third kappa shape index (κ3) is 4.39. The lowest BCUT2D eigenvalue weighted by atomic mass is 10.0. The molecule has 0 aromatic carbocycles. The fourth-order valence-electron chi connectivity index (χ4n) is 3.54. The predicted octanol–water partition coefficient (Wildman–Crippen LogP) is 4.06. The van der Waals surface area contributed by atoms with Crippen molar-refractivity contribution in [1.29, 1.82) is 0 Å². The number of pyridine rings is 2. The van der Waals surface area contributed by atoms with Crippen LogP contribution in [-0.4, -0.2) is 31.9 Å². The van der Waals surface area contributed by atoms with Gasteiger partial charge in [-0.15, -0.1) is 0 Å². The van der Waals surface area contributed by atoms with Gasteiger partial charge in [-0.2, -0.15) is 0 Å². The highest BCUT2D eigenvalue weighted by Gasteiger charge is 2.20. The number of aliphatic imine (C=N–C) groups is 1. The van der Waals surface area contributed by atoms with Crippen LogP contribution in [0.5, 0.6) is 0 Å². The van der Waals surface area contributed by atoms with E-state index in [1.165, 1.54) is 24.4 Å². The molecule has 31 heavy (non-hydrogen) atoms. The predicted molar refractivity (Wildman–Crippen MR) is 115 cm³/mol. The van der Waals surface area contributed by atoms with Crippen LogP contribution in [0.25, 0.3) is 11.3 Å². The molecule has 0 aliphatic carbocycles. The minimum Gasteiger partial charge on any atom is -0.394 e. The first-order valence-electron chi connectivity index (χ1n) is 10.1. The molecule has 2 atom stereocenters. The SMILES string of the molecule is CCC1C=C(C)C(=NC(CO)c2ccc(F)cn2)NC(c2cnc3ccc(F)cn23)=C1. The van der Waals surface area contributed by atoms with Crippen molar-refractivity contribution in [2.24, 2.45) is 10.9 Å². The van der Waals surface area contributed by atoms with Gasteiger partial charge in [0, 0.05) is 6.20 Å². The maximum Gasteiger partial charge on any atom is 0.141 e. The molecule has 1 aliphatic rings. The van der Waals surface area contributed by atoms with Crippen molar-refractivity contribution in [3.63, 3.8) is 0 Å². The van der Waals surface area contributed by atoms with E-state index >= 15 is 0 Å². The minimum absolute atomic E-state index is 0.130. The van der Waals surface area contributed by atoms with Gasteiger partial charge in [0.1, 0.15) is 29.2 Å². The topological polar surface area (TPSA) is 74.8 Å². The first-order chi connectivity index (χ1) is 15.0. The third-order valence-corrected chi connectivity index (χ3v) is 5.24. The van der Waals surface area contributed by atoms with Crippen LogP contribution in [0.4, 0.5) is 8.78 Å². The molecular weight excluding hydrogens is 400 g/mol. The van der Waals surface area contributed by atoms with Gasteiger partial charge in [0.05, 0.1) is 36.1 Å². The van der Waals surface area contributed by atoms with Crippen LogP contribution >= 0.6 is 0 Å². The highest BCUT2D eigenvalue weighted by Crippen LogP contribution is 2.25. The molecule has 8 heteroatoms. The fourth-order valence-corrected chi connectivity index (χ4v) is 3.54. The summed E-state index contributed by atoms with van der Waals surface area (Å²) in [7, 11) is 0. The Morgan fingerprint density at radius 3 is 2.65 bits per heavy atom. The maximum atomic E-state index is 13.9. The number of rotatable bonds is 5. The van der Waals surface area contributed by atoms with Crippen LogP contribution in [0.15, 0.2) is 65.6 Å². The minimum atomic E-state index is -0.662. The number of hydrogen-bond donors (Lipinski definition) is 2. The lowest BCUT2D eigenvalue weighted by molar-refractivity contribution is 0.266. The standard InChI is InChI=1S/C23H23F2N5O/c1-3-15-8-14(2)23(29-20(13-31)18-6-4-16(24)10-26-18)28-19(9-15)21-11-27-22-7-5-17(25)12-30(21)22/h4-12,15,20,31H,3,13H2,1-2H3,(H,28,29). The van der Waals surface area contributed by atoms with Crippen LogP contribution < -0.4 is 5.32 Å². The number of nitrogens with one attached hydrogen (secondary N) is 1. The van der Waals surface area contributed by atoms with E-state index in [0.717, 1.165) is 23.9 Å². The van der Waals surface area contributed by atoms with Crippen LogP contribution in [0, 0.1) is 17.6 Å². The average molecular weight is 423 g/mol. The third-order valence-electron chi connectivity index (χ3n) is 5.24. The van der Waals surface area contributed by atoms with Crippen molar-refractivity contribution in [3.8, 4) is 0 Å². The number of aromatic nitrogens is 3. The van der Waals surface area contributed by atoms with E-state index in [1.54, 1.807) is 16.7 Å². The lowest BCUT2D eigenvalue weighted by Crippen LogP contribution is -2.24.